The van der Waals surface area contributed by atoms with Crippen molar-refractivity contribution in [3.8, 4) is 6.07 Å². The maximum absolute atomic E-state index is 11.9. The Kier molecular flexibility index (Phi) is 3.81. The number of carbonyl (C=O) groups excluding carboxylic acids is 1. The van der Waals surface area contributed by atoms with Crippen LogP contribution in [0.3, 0.4) is 0 Å². The fraction of sp³-hybridized carbons (Fsp3) is 0.538. The predicted octanol–water partition coefficient (Wildman–Crippen LogP) is 1.97. The monoisotopic (exact) mass is 232 g/mol. The maximum atomic E-state index is 11.9. The summed E-state index contributed by atoms with van der Waals surface area (Å²) in [5.74, 6) is 0.977. The molecule has 17 heavy (non-hydrogen) atoms. The van der Waals surface area contributed by atoms with Crippen molar-refractivity contribution < 1.29 is 9.21 Å². The number of aryl methyl sites for hydroxylation is 1. The molecule has 0 saturated carbocycles. The van der Waals surface area contributed by atoms with Gasteiger partial charge < -0.3 is 9.32 Å². The van der Waals surface area contributed by atoms with Crippen LogP contribution in [0.4, 0.5) is 0 Å². The van der Waals surface area contributed by atoms with Gasteiger partial charge in [-0.25, -0.2) is 0 Å². The lowest BCUT2D eigenvalue weighted by molar-refractivity contribution is -0.132. The molecule has 2 heterocycles. The standard InChI is InChI=1S/C13H16N2O2/c14-9-11-3-1-7-15(10-11)13(16)6-5-12-4-2-8-17-12/h2,4,8,11H,1,3,5-7,10H2. The molecule has 0 aliphatic carbocycles. The molecule has 4 nitrogen and oxygen atoms in total. The normalized spacial score (nSPS) is 19.9. The minimum absolute atomic E-state index is 0.0105. The van der Waals surface area contributed by atoms with Crippen LogP contribution in [0.5, 0.6) is 0 Å². The number of furan rings is 1. The Hall–Kier alpha value is -1.76. The molecule has 0 radical (unpaired) electrons. The molecule has 4 heteroatoms. The van der Waals surface area contributed by atoms with Gasteiger partial charge in [0.05, 0.1) is 18.3 Å². The summed E-state index contributed by atoms with van der Waals surface area (Å²) >= 11 is 0. The van der Waals surface area contributed by atoms with E-state index in [2.05, 4.69) is 6.07 Å². The summed E-state index contributed by atoms with van der Waals surface area (Å²) in [6.07, 6.45) is 4.57. The van der Waals surface area contributed by atoms with Gasteiger partial charge in [-0.15, -0.1) is 0 Å². The highest BCUT2D eigenvalue weighted by Gasteiger charge is 2.23. The van der Waals surface area contributed by atoms with Crippen LogP contribution in [0, 0.1) is 17.2 Å². The van der Waals surface area contributed by atoms with Crippen LogP contribution in [0.25, 0.3) is 0 Å². The molecular formula is C13H16N2O2. The third-order valence-electron chi connectivity index (χ3n) is 3.12. The van der Waals surface area contributed by atoms with Crippen LogP contribution in [0.1, 0.15) is 25.0 Å². The van der Waals surface area contributed by atoms with Crippen LogP contribution in [-0.2, 0) is 11.2 Å². The molecule has 1 saturated heterocycles. The van der Waals surface area contributed by atoms with E-state index in [-0.39, 0.29) is 11.8 Å². The van der Waals surface area contributed by atoms with E-state index in [0.29, 0.717) is 19.4 Å². The first-order chi connectivity index (χ1) is 8.29. The van der Waals surface area contributed by atoms with Gasteiger partial charge in [0.25, 0.3) is 0 Å². The van der Waals surface area contributed by atoms with E-state index >= 15 is 0 Å². The minimum Gasteiger partial charge on any atom is -0.469 e. The quantitative estimate of drug-likeness (QED) is 0.800. The summed E-state index contributed by atoms with van der Waals surface area (Å²) in [4.78, 5) is 13.7. The van der Waals surface area contributed by atoms with Crippen molar-refractivity contribution >= 4 is 5.91 Å². The summed E-state index contributed by atoms with van der Waals surface area (Å²) in [6.45, 7) is 1.38. The van der Waals surface area contributed by atoms with Crippen molar-refractivity contribution in [2.45, 2.75) is 25.7 Å². The van der Waals surface area contributed by atoms with E-state index in [4.69, 9.17) is 9.68 Å². The van der Waals surface area contributed by atoms with E-state index in [1.165, 1.54) is 0 Å². The molecule has 2 rings (SSSR count). The van der Waals surface area contributed by atoms with E-state index in [1.54, 1.807) is 11.2 Å². The highest BCUT2D eigenvalue weighted by molar-refractivity contribution is 5.76. The Labute approximate surface area is 101 Å². The average Bonchev–Trinajstić information content (AvgIpc) is 2.89. The van der Waals surface area contributed by atoms with Gasteiger partial charge in [0.1, 0.15) is 5.76 Å². The number of piperidine rings is 1. The molecule has 0 bridgehead atoms. The van der Waals surface area contributed by atoms with Crippen molar-refractivity contribution in [2.24, 2.45) is 5.92 Å². The van der Waals surface area contributed by atoms with Crippen LogP contribution in [0.15, 0.2) is 22.8 Å². The fourth-order valence-electron chi connectivity index (χ4n) is 2.15. The largest absolute Gasteiger partial charge is 0.469 e. The maximum Gasteiger partial charge on any atom is 0.223 e. The Bertz CT molecular complexity index is 406. The first kappa shape index (κ1) is 11.7. The van der Waals surface area contributed by atoms with Crippen LogP contribution in [-0.4, -0.2) is 23.9 Å². The van der Waals surface area contributed by atoms with Gasteiger partial charge >= 0.3 is 0 Å². The van der Waals surface area contributed by atoms with Crippen LogP contribution >= 0.6 is 0 Å². The average molecular weight is 232 g/mol. The molecule has 1 fully saturated rings. The summed E-state index contributed by atoms with van der Waals surface area (Å²) in [7, 11) is 0. The van der Waals surface area contributed by atoms with Crippen molar-refractivity contribution in [2.75, 3.05) is 13.1 Å². The van der Waals surface area contributed by atoms with Gasteiger partial charge in [-0.3, -0.25) is 4.79 Å². The van der Waals surface area contributed by atoms with E-state index in [9.17, 15) is 4.79 Å². The van der Waals surface area contributed by atoms with Crippen molar-refractivity contribution in [1.29, 1.82) is 5.26 Å². The van der Waals surface area contributed by atoms with Crippen molar-refractivity contribution in [1.82, 2.24) is 4.90 Å². The molecule has 0 N–H and O–H groups in total. The van der Waals surface area contributed by atoms with Crippen molar-refractivity contribution in [3.05, 3.63) is 24.2 Å². The number of amides is 1. The molecular weight excluding hydrogens is 216 g/mol. The molecule has 1 aromatic heterocycles. The Morgan fingerprint density at radius 3 is 3.24 bits per heavy atom. The van der Waals surface area contributed by atoms with Crippen molar-refractivity contribution in [3.63, 3.8) is 0 Å². The Morgan fingerprint density at radius 1 is 1.65 bits per heavy atom. The smallest absolute Gasteiger partial charge is 0.223 e. The number of hydrogen-bond donors (Lipinski definition) is 0. The number of likely N-dealkylation sites (tertiary alicyclic amines) is 1. The van der Waals surface area contributed by atoms with Crippen LogP contribution < -0.4 is 0 Å². The summed E-state index contributed by atoms with van der Waals surface area (Å²) in [5, 5.41) is 8.87. The number of rotatable bonds is 3. The molecule has 1 aliphatic heterocycles. The number of nitriles is 1. The first-order valence-electron chi connectivity index (χ1n) is 5.99. The summed E-state index contributed by atoms with van der Waals surface area (Å²) < 4.78 is 5.19. The van der Waals surface area contributed by atoms with Crippen LogP contribution in [0.2, 0.25) is 0 Å². The van der Waals surface area contributed by atoms with Gasteiger partial charge in [-0.2, -0.15) is 5.26 Å². The number of carbonyl (C=O) groups is 1. The SMILES string of the molecule is N#CC1CCCN(C(=O)CCc2ccco2)C1. The first-order valence-corrected chi connectivity index (χ1v) is 5.99. The van der Waals surface area contributed by atoms with Gasteiger partial charge in [0, 0.05) is 25.9 Å². The van der Waals surface area contributed by atoms with Gasteiger partial charge in [0.2, 0.25) is 5.91 Å². The lowest BCUT2D eigenvalue weighted by Gasteiger charge is -2.29. The van der Waals surface area contributed by atoms with Gasteiger partial charge in [0.15, 0.2) is 0 Å². The van der Waals surface area contributed by atoms with Gasteiger partial charge in [-0.05, 0) is 25.0 Å². The second-order valence-electron chi connectivity index (χ2n) is 4.39. The summed E-state index contributed by atoms with van der Waals surface area (Å²) in [5.41, 5.74) is 0. The predicted molar refractivity (Wildman–Crippen MR) is 61.9 cm³/mol. The Morgan fingerprint density at radius 2 is 2.53 bits per heavy atom. The second-order valence-corrected chi connectivity index (χ2v) is 4.39. The molecule has 0 aromatic carbocycles. The van der Waals surface area contributed by atoms with E-state index in [0.717, 1.165) is 25.1 Å². The lowest BCUT2D eigenvalue weighted by atomic mass is 9.99. The molecule has 1 amide bonds. The van der Waals surface area contributed by atoms with Gasteiger partial charge in [-0.1, -0.05) is 0 Å². The highest BCUT2D eigenvalue weighted by Crippen LogP contribution is 2.16. The summed E-state index contributed by atoms with van der Waals surface area (Å²) in [6, 6.07) is 5.95. The molecule has 1 atom stereocenters. The third-order valence-corrected chi connectivity index (χ3v) is 3.12. The van der Waals surface area contributed by atoms with E-state index in [1.807, 2.05) is 12.1 Å². The lowest BCUT2D eigenvalue weighted by Crippen LogP contribution is -2.39. The topological polar surface area (TPSA) is 57.2 Å². The number of nitrogens with zero attached hydrogens (tertiary/aromatic N) is 2. The zero-order chi connectivity index (χ0) is 12.1. The van der Waals surface area contributed by atoms with E-state index < -0.39 is 0 Å². The highest BCUT2D eigenvalue weighted by atomic mass is 16.3. The molecule has 1 unspecified atom stereocenters. The zero-order valence-corrected chi connectivity index (χ0v) is 9.76. The second kappa shape index (κ2) is 5.53. The molecule has 1 aliphatic rings. The molecule has 0 spiro atoms. The Balaban J connectivity index is 1.81. The molecule has 1 aromatic rings. The third kappa shape index (κ3) is 3.10. The molecule has 90 valence electrons. The number of hydrogen-bond acceptors (Lipinski definition) is 3. The fourth-order valence-corrected chi connectivity index (χ4v) is 2.15. The zero-order valence-electron chi connectivity index (χ0n) is 9.76. The minimum atomic E-state index is 0.0105.